The lowest BCUT2D eigenvalue weighted by Gasteiger charge is -2.31. The molecule has 0 spiro atoms. The van der Waals surface area contributed by atoms with E-state index in [9.17, 15) is 19.2 Å². The van der Waals surface area contributed by atoms with Crippen LogP contribution in [-0.2, 0) is 14.3 Å². The number of nitrogens with one attached hydrogen (secondary N) is 2. The number of Topliss-reactive ketones (excluding diaryl/α,β-unsaturated/α-hetero) is 1. The molecule has 1 aliphatic rings. The topological polar surface area (TPSA) is 148 Å². The first-order valence-electron chi connectivity index (χ1n) is 10.5. The van der Waals surface area contributed by atoms with Crippen LogP contribution in [0.2, 0.25) is 0 Å². The van der Waals surface area contributed by atoms with Crippen LogP contribution in [0.1, 0.15) is 54.8 Å². The minimum absolute atomic E-state index is 0.000598. The van der Waals surface area contributed by atoms with Gasteiger partial charge in [-0.2, -0.15) is 0 Å². The molecule has 3 heterocycles. The second-order valence-electron chi connectivity index (χ2n) is 9.07. The van der Waals surface area contributed by atoms with E-state index >= 15 is 0 Å². The molecule has 180 valence electrons. The molecule has 1 aliphatic heterocycles. The Labute approximate surface area is 191 Å². The van der Waals surface area contributed by atoms with Crippen LogP contribution in [0.3, 0.4) is 0 Å². The highest BCUT2D eigenvalue weighted by atomic mass is 16.5. The summed E-state index contributed by atoms with van der Waals surface area (Å²) in [6.45, 7) is 8.23. The molecule has 2 amide bonds. The second kappa shape index (κ2) is 11.5. The molecule has 2 unspecified atom stereocenters. The molecule has 0 aromatic carbocycles. The Morgan fingerprint density at radius 3 is 2.18 bits per heavy atom. The number of hydrogen-bond donors (Lipinski definition) is 3. The van der Waals surface area contributed by atoms with Gasteiger partial charge in [-0.15, -0.1) is 0 Å². The Morgan fingerprint density at radius 1 is 1.12 bits per heavy atom. The number of ketones is 1. The summed E-state index contributed by atoms with van der Waals surface area (Å²) in [6.07, 6.45) is 5.67. The molecule has 0 radical (unpaired) electrons. The van der Waals surface area contributed by atoms with Gasteiger partial charge in [-0.3, -0.25) is 14.4 Å². The Bertz CT molecular complexity index is 928. The fraction of sp³-hybridized carbons (Fsp3) is 0.478. The van der Waals surface area contributed by atoms with Crippen molar-refractivity contribution >= 4 is 23.6 Å². The van der Waals surface area contributed by atoms with Gasteiger partial charge in [0.05, 0.1) is 36.3 Å². The molecule has 33 heavy (non-hydrogen) atoms. The fourth-order valence-electron chi connectivity index (χ4n) is 3.17. The zero-order chi connectivity index (χ0) is 24.6. The number of rotatable bonds is 6. The summed E-state index contributed by atoms with van der Waals surface area (Å²) in [5.41, 5.74) is 0.351. The van der Waals surface area contributed by atoms with Crippen LogP contribution in [0.4, 0.5) is 0 Å². The van der Waals surface area contributed by atoms with E-state index < -0.39 is 18.1 Å². The fourth-order valence-corrected chi connectivity index (χ4v) is 3.17. The Hall–Kier alpha value is -3.40. The molecule has 3 rings (SSSR count). The predicted molar refractivity (Wildman–Crippen MR) is 117 cm³/mol. The summed E-state index contributed by atoms with van der Waals surface area (Å²) in [4.78, 5) is 47.1. The average Bonchev–Trinajstić information content (AvgIpc) is 3.44. The van der Waals surface area contributed by atoms with E-state index in [1.54, 1.807) is 0 Å². The summed E-state index contributed by atoms with van der Waals surface area (Å²) in [5, 5.41) is 13.7. The van der Waals surface area contributed by atoms with Crippen LogP contribution in [0.15, 0.2) is 46.0 Å². The predicted octanol–water partition coefficient (Wildman–Crippen LogP) is 2.51. The zero-order valence-corrected chi connectivity index (χ0v) is 19.1. The summed E-state index contributed by atoms with van der Waals surface area (Å²) in [7, 11) is 0. The second-order valence-corrected chi connectivity index (χ2v) is 9.07. The number of carbonyl (C=O) groups excluding carboxylic acids is 3. The van der Waals surface area contributed by atoms with E-state index in [0.717, 1.165) is 0 Å². The highest BCUT2D eigenvalue weighted by Gasteiger charge is 2.34. The molecule has 0 saturated carbocycles. The van der Waals surface area contributed by atoms with Gasteiger partial charge in [0, 0.05) is 5.92 Å². The minimum Gasteiger partial charge on any atom is -0.478 e. The van der Waals surface area contributed by atoms with Crippen LogP contribution < -0.4 is 10.6 Å². The van der Waals surface area contributed by atoms with Gasteiger partial charge in [0.2, 0.25) is 5.91 Å². The summed E-state index contributed by atoms with van der Waals surface area (Å²) < 4.78 is 14.6. The van der Waals surface area contributed by atoms with E-state index in [-0.39, 0.29) is 41.1 Å². The normalized spacial score (nSPS) is 19.1. The maximum absolute atomic E-state index is 12.7. The quantitative estimate of drug-likeness (QED) is 0.593. The third-order valence-corrected chi connectivity index (χ3v) is 4.83. The molecular formula is C23H30N2O8. The van der Waals surface area contributed by atoms with Gasteiger partial charge in [0.15, 0.2) is 5.78 Å². The van der Waals surface area contributed by atoms with Gasteiger partial charge in [-0.1, -0.05) is 27.7 Å². The molecule has 2 aromatic heterocycles. The van der Waals surface area contributed by atoms with Gasteiger partial charge in [0.1, 0.15) is 25.2 Å². The smallest absolute Gasteiger partial charge is 0.338 e. The molecule has 10 heteroatoms. The van der Waals surface area contributed by atoms with Crippen LogP contribution in [0, 0.1) is 11.3 Å². The monoisotopic (exact) mass is 462 g/mol. The lowest BCUT2D eigenvalue weighted by molar-refractivity contribution is -0.137. The standard InChI is InChI=1S/C18H26N2O5.C5H4O3/c1-11-8-25-10-14(21)15(11)20-17(23)13(7-18(2,3)4)19-16(22)12-5-6-24-9-12;6-5(7)4-1-2-8-3-4/h5-6,9,11,13,15H,7-8,10H2,1-4H3,(H,19,22)(H,20,23);1-3H,(H,6,7)/t11?,13-,15?;/m0./s1. The molecular weight excluding hydrogens is 432 g/mol. The van der Waals surface area contributed by atoms with Crippen molar-refractivity contribution in [1.29, 1.82) is 0 Å². The summed E-state index contributed by atoms with van der Waals surface area (Å²) >= 11 is 0. The zero-order valence-electron chi connectivity index (χ0n) is 19.1. The Balaban J connectivity index is 0.000000405. The third-order valence-electron chi connectivity index (χ3n) is 4.83. The third kappa shape index (κ3) is 8.23. The highest BCUT2D eigenvalue weighted by Crippen LogP contribution is 2.22. The maximum atomic E-state index is 12.7. The van der Waals surface area contributed by atoms with Crippen molar-refractivity contribution in [3.63, 3.8) is 0 Å². The van der Waals surface area contributed by atoms with Crippen molar-refractivity contribution in [2.75, 3.05) is 13.2 Å². The number of carboxylic acids is 1. The van der Waals surface area contributed by atoms with Crippen molar-refractivity contribution < 1.29 is 37.9 Å². The first-order valence-corrected chi connectivity index (χ1v) is 10.5. The van der Waals surface area contributed by atoms with Crippen LogP contribution in [0.25, 0.3) is 0 Å². The molecule has 1 saturated heterocycles. The van der Waals surface area contributed by atoms with Crippen LogP contribution in [-0.4, -0.2) is 54.0 Å². The lowest BCUT2D eigenvalue weighted by Crippen LogP contribution is -2.56. The van der Waals surface area contributed by atoms with E-state index in [2.05, 4.69) is 15.1 Å². The molecule has 3 N–H and O–H groups in total. The number of aromatic carboxylic acids is 1. The van der Waals surface area contributed by atoms with Gasteiger partial charge in [-0.05, 0) is 24.0 Å². The molecule has 10 nitrogen and oxygen atoms in total. The van der Waals surface area contributed by atoms with Crippen molar-refractivity contribution in [2.24, 2.45) is 11.3 Å². The van der Waals surface area contributed by atoms with Gasteiger partial charge in [-0.25, -0.2) is 4.79 Å². The average molecular weight is 462 g/mol. The minimum atomic E-state index is -0.959. The van der Waals surface area contributed by atoms with Gasteiger partial charge >= 0.3 is 5.97 Å². The first kappa shape index (κ1) is 25.9. The van der Waals surface area contributed by atoms with E-state index in [0.29, 0.717) is 18.6 Å². The number of ether oxygens (including phenoxy) is 1. The molecule has 2 aromatic rings. The van der Waals surface area contributed by atoms with Gasteiger partial charge < -0.3 is 29.3 Å². The highest BCUT2D eigenvalue weighted by molar-refractivity contribution is 5.98. The van der Waals surface area contributed by atoms with E-state index in [4.69, 9.17) is 14.3 Å². The first-order chi connectivity index (χ1) is 15.5. The molecule has 0 aliphatic carbocycles. The van der Waals surface area contributed by atoms with E-state index in [1.165, 1.54) is 37.2 Å². The number of furan rings is 2. The van der Waals surface area contributed by atoms with Crippen LogP contribution in [0.5, 0.6) is 0 Å². The van der Waals surface area contributed by atoms with E-state index in [1.807, 2.05) is 27.7 Å². The number of amides is 2. The van der Waals surface area contributed by atoms with Crippen molar-refractivity contribution in [3.8, 4) is 0 Å². The molecule has 1 fully saturated rings. The van der Waals surface area contributed by atoms with Crippen LogP contribution >= 0.6 is 0 Å². The Morgan fingerprint density at radius 2 is 1.73 bits per heavy atom. The maximum Gasteiger partial charge on any atom is 0.338 e. The summed E-state index contributed by atoms with van der Waals surface area (Å²) in [6, 6.07) is 1.59. The largest absolute Gasteiger partial charge is 0.478 e. The SMILES string of the molecule is CC1COCC(=O)C1NC(=O)[C@H](CC(C)(C)C)NC(=O)c1ccoc1.O=C(O)c1ccoc1. The lowest BCUT2D eigenvalue weighted by atomic mass is 9.87. The Kier molecular flexibility index (Phi) is 8.98. The van der Waals surface area contributed by atoms with Crippen molar-refractivity contribution in [2.45, 2.75) is 46.2 Å². The van der Waals surface area contributed by atoms with Gasteiger partial charge in [0.25, 0.3) is 5.91 Å². The summed E-state index contributed by atoms with van der Waals surface area (Å²) in [5.74, 6) is -1.96. The van der Waals surface area contributed by atoms with Crippen molar-refractivity contribution in [1.82, 2.24) is 10.6 Å². The number of carbonyl (C=O) groups is 4. The number of carboxylic acid groups (broad SMARTS) is 1. The number of hydrogen-bond acceptors (Lipinski definition) is 7. The van der Waals surface area contributed by atoms with Crippen molar-refractivity contribution in [3.05, 3.63) is 48.3 Å². The molecule has 0 bridgehead atoms. The molecule has 3 atom stereocenters.